The first-order chi connectivity index (χ1) is 12.7. The molecule has 0 fully saturated rings. The van der Waals surface area contributed by atoms with Crippen molar-refractivity contribution < 1.29 is 14.3 Å². The summed E-state index contributed by atoms with van der Waals surface area (Å²) in [5.41, 5.74) is 7.32. The Hall–Kier alpha value is -2.70. The van der Waals surface area contributed by atoms with E-state index < -0.39 is 23.8 Å². The Kier molecular flexibility index (Phi) is 5.04. The molecule has 1 unspecified atom stereocenters. The zero-order chi connectivity index (χ0) is 19.8. The van der Waals surface area contributed by atoms with Crippen molar-refractivity contribution in [3.8, 4) is 0 Å². The number of amides is 2. The zero-order valence-electron chi connectivity index (χ0n) is 15.3. The molecule has 0 bridgehead atoms. The van der Waals surface area contributed by atoms with Gasteiger partial charge in [0.2, 0.25) is 0 Å². The molecule has 2 N–H and O–H groups in total. The number of fused-ring (bicyclic) bond motifs is 1. The van der Waals surface area contributed by atoms with Gasteiger partial charge in [-0.05, 0) is 39.0 Å². The van der Waals surface area contributed by atoms with E-state index in [4.69, 9.17) is 22.1 Å². The summed E-state index contributed by atoms with van der Waals surface area (Å²) in [6, 6.07) is 14.1. The van der Waals surface area contributed by atoms with Crippen LogP contribution in [0.3, 0.4) is 0 Å². The third-order valence-corrected chi connectivity index (χ3v) is 4.05. The average Bonchev–Trinajstić information content (AvgIpc) is 2.69. The number of nitrogens with zero attached hydrogens (tertiary/aromatic N) is 2. The minimum atomic E-state index is -1.25. The second-order valence-corrected chi connectivity index (χ2v) is 7.54. The van der Waals surface area contributed by atoms with Crippen LogP contribution in [0.4, 0.5) is 10.5 Å². The molecular formula is C20H20ClN3O3. The van der Waals surface area contributed by atoms with Gasteiger partial charge in [0.05, 0.1) is 11.4 Å². The van der Waals surface area contributed by atoms with Crippen molar-refractivity contribution >= 4 is 35.0 Å². The predicted molar refractivity (Wildman–Crippen MR) is 105 cm³/mol. The molecule has 1 heterocycles. The van der Waals surface area contributed by atoms with E-state index in [9.17, 15) is 9.59 Å². The molecule has 140 valence electrons. The van der Waals surface area contributed by atoms with Crippen LogP contribution in [0.5, 0.6) is 0 Å². The number of halogens is 1. The van der Waals surface area contributed by atoms with Gasteiger partial charge in [0.15, 0.2) is 6.17 Å². The Morgan fingerprint density at radius 3 is 2.48 bits per heavy atom. The molecule has 0 radical (unpaired) electrons. The van der Waals surface area contributed by atoms with Crippen LogP contribution in [0.15, 0.2) is 53.5 Å². The lowest BCUT2D eigenvalue weighted by atomic mass is 10.0. The number of rotatable bonds is 1. The van der Waals surface area contributed by atoms with E-state index in [2.05, 4.69) is 4.99 Å². The van der Waals surface area contributed by atoms with E-state index in [1.54, 1.807) is 39.0 Å². The van der Waals surface area contributed by atoms with Crippen molar-refractivity contribution in [1.29, 1.82) is 0 Å². The van der Waals surface area contributed by atoms with Crippen molar-refractivity contribution in [2.45, 2.75) is 32.5 Å². The number of hydrogen-bond donors (Lipinski definition) is 1. The van der Waals surface area contributed by atoms with Gasteiger partial charge in [-0.2, -0.15) is 0 Å². The number of imide groups is 1. The maximum absolute atomic E-state index is 12.9. The first-order valence-electron chi connectivity index (χ1n) is 8.43. The molecule has 0 aliphatic carbocycles. The molecule has 2 aromatic carbocycles. The van der Waals surface area contributed by atoms with Crippen molar-refractivity contribution in [2.24, 2.45) is 10.7 Å². The van der Waals surface area contributed by atoms with E-state index >= 15 is 0 Å². The number of carbonyl (C=O) groups excluding carboxylic acids is 2. The quantitative estimate of drug-likeness (QED) is 0.810. The first-order valence-corrected chi connectivity index (χ1v) is 8.81. The molecule has 0 saturated carbocycles. The Morgan fingerprint density at radius 1 is 1.19 bits per heavy atom. The van der Waals surface area contributed by atoms with Gasteiger partial charge < -0.3 is 10.5 Å². The normalized spacial score (nSPS) is 17.1. The number of benzodiazepines with no additional fused rings is 1. The number of benzene rings is 2. The van der Waals surface area contributed by atoms with Crippen LogP contribution in [0.1, 0.15) is 31.9 Å². The lowest BCUT2D eigenvalue weighted by molar-refractivity contribution is -0.119. The Labute approximate surface area is 162 Å². The SMILES string of the molecule is CC(C)(C)OC(=O)N1C(=O)C(N)N=C(c2ccccc2)c2cc(Cl)ccc21. The van der Waals surface area contributed by atoms with Crippen molar-refractivity contribution in [3.05, 3.63) is 64.7 Å². The molecule has 7 heteroatoms. The highest BCUT2D eigenvalue weighted by Crippen LogP contribution is 2.31. The van der Waals surface area contributed by atoms with E-state index in [1.165, 1.54) is 0 Å². The fraction of sp³-hybridized carbons (Fsp3) is 0.250. The lowest BCUT2D eigenvalue weighted by Gasteiger charge is -2.27. The van der Waals surface area contributed by atoms with E-state index in [0.29, 0.717) is 22.0 Å². The number of ether oxygens (including phenoxy) is 1. The standard InChI is InChI=1S/C20H20ClN3O3/c1-20(2,3)27-19(26)24-15-10-9-13(21)11-14(15)16(23-17(22)18(24)25)12-7-5-4-6-8-12/h4-11,17H,22H2,1-3H3. The first kappa shape index (κ1) is 19.1. The maximum atomic E-state index is 12.9. The van der Waals surface area contributed by atoms with Gasteiger partial charge in [-0.1, -0.05) is 41.9 Å². The molecule has 1 atom stereocenters. The van der Waals surface area contributed by atoms with Gasteiger partial charge in [-0.3, -0.25) is 9.79 Å². The van der Waals surface area contributed by atoms with Crippen molar-refractivity contribution in [3.63, 3.8) is 0 Å². The lowest BCUT2D eigenvalue weighted by Crippen LogP contribution is -2.47. The molecule has 1 aliphatic heterocycles. The van der Waals surface area contributed by atoms with E-state index in [0.717, 1.165) is 10.5 Å². The van der Waals surface area contributed by atoms with Crippen LogP contribution >= 0.6 is 11.6 Å². The summed E-state index contributed by atoms with van der Waals surface area (Å²) >= 11 is 6.18. The zero-order valence-corrected chi connectivity index (χ0v) is 16.0. The highest BCUT2D eigenvalue weighted by Gasteiger charge is 2.36. The summed E-state index contributed by atoms with van der Waals surface area (Å²) < 4.78 is 5.41. The molecule has 0 spiro atoms. The maximum Gasteiger partial charge on any atom is 0.421 e. The molecule has 3 rings (SSSR count). The third kappa shape index (κ3) is 4.02. The number of anilines is 1. The molecular weight excluding hydrogens is 366 g/mol. The number of aliphatic imine (C=N–C) groups is 1. The molecule has 6 nitrogen and oxygen atoms in total. The minimum Gasteiger partial charge on any atom is -0.443 e. The highest BCUT2D eigenvalue weighted by atomic mass is 35.5. The van der Waals surface area contributed by atoms with Crippen LogP contribution in [0, 0.1) is 0 Å². The van der Waals surface area contributed by atoms with Crippen LogP contribution in [-0.2, 0) is 9.53 Å². The Bertz CT molecular complexity index is 920. The van der Waals surface area contributed by atoms with Crippen LogP contribution in [-0.4, -0.2) is 29.5 Å². The second-order valence-electron chi connectivity index (χ2n) is 7.10. The summed E-state index contributed by atoms with van der Waals surface area (Å²) in [7, 11) is 0. The molecule has 2 aromatic rings. The van der Waals surface area contributed by atoms with Gasteiger partial charge in [-0.15, -0.1) is 0 Å². The molecule has 0 saturated heterocycles. The van der Waals surface area contributed by atoms with Gasteiger partial charge in [0.1, 0.15) is 5.60 Å². The van der Waals surface area contributed by atoms with Gasteiger partial charge >= 0.3 is 6.09 Å². The number of nitrogens with two attached hydrogens (primary N) is 1. The summed E-state index contributed by atoms with van der Waals surface area (Å²) in [4.78, 5) is 30.9. The second kappa shape index (κ2) is 7.13. The number of hydrogen-bond acceptors (Lipinski definition) is 5. The molecule has 27 heavy (non-hydrogen) atoms. The topological polar surface area (TPSA) is 85.0 Å². The van der Waals surface area contributed by atoms with Crippen LogP contribution in [0.2, 0.25) is 5.02 Å². The van der Waals surface area contributed by atoms with E-state index in [1.807, 2.05) is 30.3 Å². The highest BCUT2D eigenvalue weighted by molar-refractivity contribution is 6.32. The predicted octanol–water partition coefficient (Wildman–Crippen LogP) is 3.74. The number of carbonyl (C=O) groups is 2. The molecule has 2 amide bonds. The summed E-state index contributed by atoms with van der Waals surface area (Å²) in [5, 5.41) is 0.449. The summed E-state index contributed by atoms with van der Waals surface area (Å²) in [5.74, 6) is -0.668. The van der Waals surface area contributed by atoms with Gasteiger partial charge in [0.25, 0.3) is 5.91 Å². The minimum absolute atomic E-state index is 0.328. The van der Waals surface area contributed by atoms with Gasteiger partial charge in [-0.25, -0.2) is 9.69 Å². The van der Waals surface area contributed by atoms with Crippen molar-refractivity contribution in [2.75, 3.05) is 4.90 Å². The largest absolute Gasteiger partial charge is 0.443 e. The van der Waals surface area contributed by atoms with Crippen LogP contribution in [0.25, 0.3) is 0 Å². The summed E-state index contributed by atoms with van der Waals surface area (Å²) in [6.07, 6.45) is -2.06. The monoisotopic (exact) mass is 385 g/mol. The Morgan fingerprint density at radius 2 is 1.85 bits per heavy atom. The Balaban J connectivity index is 2.19. The van der Waals surface area contributed by atoms with E-state index in [-0.39, 0.29) is 0 Å². The molecule has 1 aliphatic rings. The fourth-order valence-corrected chi connectivity index (χ4v) is 2.90. The van der Waals surface area contributed by atoms with Crippen LogP contribution < -0.4 is 10.6 Å². The average molecular weight is 386 g/mol. The third-order valence-electron chi connectivity index (χ3n) is 3.82. The van der Waals surface area contributed by atoms with Gasteiger partial charge in [0, 0.05) is 16.1 Å². The fourth-order valence-electron chi connectivity index (χ4n) is 2.73. The van der Waals surface area contributed by atoms with Crippen molar-refractivity contribution in [1.82, 2.24) is 0 Å². The molecule has 0 aromatic heterocycles. The smallest absolute Gasteiger partial charge is 0.421 e. The summed E-state index contributed by atoms with van der Waals surface area (Å²) in [6.45, 7) is 5.17.